The van der Waals surface area contributed by atoms with E-state index in [2.05, 4.69) is 20.2 Å². The molecule has 1 saturated heterocycles. The van der Waals surface area contributed by atoms with Gasteiger partial charge in [0.1, 0.15) is 5.75 Å². The van der Waals surface area contributed by atoms with Gasteiger partial charge in [0.25, 0.3) is 0 Å². The van der Waals surface area contributed by atoms with E-state index in [1.165, 1.54) is 5.56 Å². The molecule has 1 aromatic carbocycles. The van der Waals surface area contributed by atoms with Crippen LogP contribution in [0.2, 0.25) is 0 Å². The van der Waals surface area contributed by atoms with Gasteiger partial charge in [-0.15, -0.1) is 0 Å². The van der Waals surface area contributed by atoms with E-state index in [4.69, 9.17) is 14.5 Å². The topological polar surface area (TPSA) is 72.4 Å². The highest BCUT2D eigenvalue weighted by Gasteiger charge is 2.16. The summed E-state index contributed by atoms with van der Waals surface area (Å²) in [6, 6.07) is 9.96. The van der Waals surface area contributed by atoms with Crippen LogP contribution < -0.4 is 15.0 Å². The van der Waals surface area contributed by atoms with Gasteiger partial charge >= 0.3 is 0 Å². The fraction of sp³-hybridized carbons (Fsp3) is 0.350. The summed E-state index contributed by atoms with van der Waals surface area (Å²) in [5.74, 6) is 1.61. The Hall–Kier alpha value is -2.71. The van der Waals surface area contributed by atoms with Gasteiger partial charge < -0.3 is 19.7 Å². The number of aryl methyl sites for hydroxylation is 1. The molecule has 8 heteroatoms. The average molecular weight is 398 g/mol. The highest BCUT2D eigenvalue weighted by Crippen LogP contribution is 2.32. The van der Waals surface area contributed by atoms with Gasteiger partial charge in [-0.1, -0.05) is 23.5 Å². The zero-order valence-corrected chi connectivity index (χ0v) is 16.8. The molecular weight excluding hydrogens is 374 g/mol. The molecule has 3 aromatic rings. The summed E-state index contributed by atoms with van der Waals surface area (Å²) in [7, 11) is 1.67. The first kappa shape index (κ1) is 18.6. The molecule has 0 spiro atoms. The number of nitrogens with zero attached hydrogens (tertiary/aromatic N) is 4. The highest BCUT2D eigenvalue weighted by atomic mass is 32.1. The van der Waals surface area contributed by atoms with E-state index >= 15 is 0 Å². The normalized spacial score (nSPS) is 14.1. The van der Waals surface area contributed by atoms with Crippen molar-refractivity contribution in [3.05, 3.63) is 47.8 Å². The summed E-state index contributed by atoms with van der Waals surface area (Å²) < 4.78 is 10.6. The van der Waals surface area contributed by atoms with Crippen molar-refractivity contribution in [1.82, 2.24) is 15.0 Å². The van der Waals surface area contributed by atoms with Crippen LogP contribution in [-0.4, -0.2) is 48.4 Å². The van der Waals surface area contributed by atoms with Crippen molar-refractivity contribution in [3.63, 3.8) is 0 Å². The largest absolute Gasteiger partial charge is 0.497 e. The van der Waals surface area contributed by atoms with E-state index in [1.807, 2.05) is 43.5 Å². The van der Waals surface area contributed by atoms with Gasteiger partial charge in [0, 0.05) is 25.8 Å². The van der Waals surface area contributed by atoms with Crippen LogP contribution in [0.3, 0.4) is 0 Å². The number of rotatable bonds is 6. The van der Waals surface area contributed by atoms with Gasteiger partial charge in [0.2, 0.25) is 5.95 Å². The molecule has 0 radical (unpaired) electrons. The van der Waals surface area contributed by atoms with Gasteiger partial charge in [-0.25, -0.2) is 15.0 Å². The van der Waals surface area contributed by atoms with Crippen molar-refractivity contribution in [2.75, 3.05) is 43.6 Å². The molecule has 0 saturated carbocycles. The maximum absolute atomic E-state index is 5.41. The van der Waals surface area contributed by atoms with E-state index in [0.29, 0.717) is 19.8 Å². The fourth-order valence-corrected chi connectivity index (χ4v) is 3.95. The zero-order valence-electron chi connectivity index (χ0n) is 16.0. The van der Waals surface area contributed by atoms with Crippen LogP contribution in [0.4, 0.5) is 11.1 Å². The van der Waals surface area contributed by atoms with Crippen molar-refractivity contribution < 1.29 is 9.47 Å². The molecule has 4 rings (SSSR count). The van der Waals surface area contributed by atoms with Crippen molar-refractivity contribution in [2.24, 2.45) is 0 Å². The molecule has 1 N–H and O–H groups in total. The Balaban J connectivity index is 1.47. The maximum Gasteiger partial charge on any atom is 0.226 e. The van der Waals surface area contributed by atoms with Gasteiger partial charge in [-0.2, -0.15) is 0 Å². The lowest BCUT2D eigenvalue weighted by Gasteiger charge is -2.26. The highest BCUT2D eigenvalue weighted by molar-refractivity contribution is 7.19. The quantitative estimate of drug-likeness (QED) is 0.684. The van der Waals surface area contributed by atoms with Crippen molar-refractivity contribution in [2.45, 2.75) is 13.5 Å². The van der Waals surface area contributed by atoms with Crippen LogP contribution in [0, 0.1) is 6.92 Å². The number of nitrogens with one attached hydrogen (secondary N) is 1. The van der Waals surface area contributed by atoms with Gasteiger partial charge in [0.15, 0.2) is 5.13 Å². The molecule has 2 aromatic heterocycles. The van der Waals surface area contributed by atoms with Crippen LogP contribution in [0.25, 0.3) is 10.6 Å². The number of morpholine rings is 1. The number of aromatic nitrogens is 3. The Morgan fingerprint density at radius 3 is 2.68 bits per heavy atom. The van der Waals surface area contributed by atoms with E-state index in [0.717, 1.165) is 46.2 Å². The molecule has 146 valence electrons. The Kier molecular flexibility index (Phi) is 5.68. The van der Waals surface area contributed by atoms with Crippen molar-refractivity contribution in [1.29, 1.82) is 0 Å². The molecule has 0 amide bonds. The number of hydrogen-bond acceptors (Lipinski definition) is 8. The average Bonchev–Trinajstić information content (AvgIpc) is 3.14. The Morgan fingerprint density at radius 1 is 1.14 bits per heavy atom. The third-order valence-electron chi connectivity index (χ3n) is 4.57. The van der Waals surface area contributed by atoms with Gasteiger partial charge in [-0.3, -0.25) is 0 Å². The number of methoxy groups -OCH3 is 1. The van der Waals surface area contributed by atoms with E-state index in [9.17, 15) is 0 Å². The van der Waals surface area contributed by atoms with Crippen molar-refractivity contribution >= 4 is 22.4 Å². The summed E-state index contributed by atoms with van der Waals surface area (Å²) >= 11 is 1.61. The molecule has 0 bridgehead atoms. The Labute approximate surface area is 168 Å². The Bertz CT molecular complexity index is 923. The van der Waals surface area contributed by atoms with Crippen LogP contribution in [0.1, 0.15) is 11.3 Å². The molecule has 0 aliphatic carbocycles. The van der Waals surface area contributed by atoms with E-state index in [-0.39, 0.29) is 0 Å². The molecule has 3 heterocycles. The summed E-state index contributed by atoms with van der Waals surface area (Å²) in [6.07, 6.45) is 1.82. The van der Waals surface area contributed by atoms with Gasteiger partial charge in [-0.05, 0) is 30.7 Å². The summed E-state index contributed by atoms with van der Waals surface area (Å²) in [5, 5.41) is 4.29. The summed E-state index contributed by atoms with van der Waals surface area (Å²) in [6.45, 7) is 5.79. The first-order valence-corrected chi connectivity index (χ1v) is 10.0. The number of thiazole rings is 1. The molecular formula is C20H23N5O2S. The predicted molar refractivity (Wildman–Crippen MR) is 111 cm³/mol. The third kappa shape index (κ3) is 4.23. The predicted octanol–water partition coefficient (Wildman–Crippen LogP) is 3.37. The monoisotopic (exact) mass is 397 g/mol. The minimum Gasteiger partial charge on any atom is -0.497 e. The standard InChI is InChI=1S/C20H23N5O2S/c1-14-18(17-7-8-21-19(24-17)25-9-11-27-12-10-25)28-20(23-14)22-13-15-3-5-16(26-2)6-4-15/h3-8H,9-13H2,1-2H3,(H,22,23). The molecule has 0 atom stereocenters. The first-order chi connectivity index (χ1) is 13.7. The van der Waals surface area contributed by atoms with Crippen LogP contribution in [0.5, 0.6) is 5.75 Å². The fourth-order valence-electron chi connectivity index (χ4n) is 3.02. The maximum atomic E-state index is 5.41. The number of benzene rings is 1. The smallest absolute Gasteiger partial charge is 0.226 e. The molecule has 1 aliphatic rings. The second kappa shape index (κ2) is 8.53. The number of ether oxygens (including phenoxy) is 2. The van der Waals surface area contributed by atoms with E-state index in [1.54, 1.807) is 18.4 Å². The van der Waals surface area contributed by atoms with Crippen LogP contribution in [0.15, 0.2) is 36.5 Å². The molecule has 28 heavy (non-hydrogen) atoms. The zero-order chi connectivity index (χ0) is 19.3. The number of anilines is 2. The van der Waals surface area contributed by atoms with Crippen LogP contribution in [-0.2, 0) is 11.3 Å². The Morgan fingerprint density at radius 2 is 1.93 bits per heavy atom. The lowest BCUT2D eigenvalue weighted by Crippen LogP contribution is -2.37. The lowest BCUT2D eigenvalue weighted by molar-refractivity contribution is 0.122. The van der Waals surface area contributed by atoms with Crippen LogP contribution >= 0.6 is 11.3 Å². The molecule has 1 aliphatic heterocycles. The van der Waals surface area contributed by atoms with E-state index < -0.39 is 0 Å². The second-order valence-electron chi connectivity index (χ2n) is 6.48. The SMILES string of the molecule is COc1ccc(CNc2nc(C)c(-c3ccnc(N4CCOCC4)n3)s2)cc1. The van der Waals surface area contributed by atoms with Gasteiger partial charge in [0.05, 0.1) is 36.6 Å². The second-order valence-corrected chi connectivity index (χ2v) is 7.48. The molecule has 1 fully saturated rings. The first-order valence-electron chi connectivity index (χ1n) is 9.23. The minimum atomic E-state index is 0.708. The molecule has 0 unspecified atom stereocenters. The summed E-state index contributed by atoms with van der Waals surface area (Å²) in [4.78, 5) is 17.1. The number of hydrogen-bond donors (Lipinski definition) is 1. The minimum absolute atomic E-state index is 0.708. The lowest BCUT2D eigenvalue weighted by atomic mass is 10.2. The summed E-state index contributed by atoms with van der Waals surface area (Å²) in [5.41, 5.74) is 3.05. The van der Waals surface area contributed by atoms with Crippen molar-refractivity contribution in [3.8, 4) is 16.3 Å². The molecule has 7 nitrogen and oxygen atoms in total. The third-order valence-corrected chi connectivity index (χ3v) is 5.71.